The first-order valence-electron chi connectivity index (χ1n) is 7.83. The predicted octanol–water partition coefficient (Wildman–Crippen LogP) is 3.29. The fraction of sp³-hybridized carbons (Fsp3) is 0.412. The number of aryl methyl sites for hydroxylation is 2. The van der Waals surface area contributed by atoms with E-state index >= 15 is 0 Å². The minimum Gasteiger partial charge on any atom is -0.486 e. The summed E-state index contributed by atoms with van der Waals surface area (Å²) in [5.74, 6) is 2.03. The average molecular weight is 331 g/mol. The summed E-state index contributed by atoms with van der Waals surface area (Å²) in [6.45, 7) is 6.60. The number of hydrogen-bond acceptors (Lipinski definition) is 5. The molecule has 2 amide bonds. The summed E-state index contributed by atoms with van der Waals surface area (Å²) in [5.41, 5.74) is 2.23. The van der Waals surface area contributed by atoms with Gasteiger partial charge >= 0.3 is 6.03 Å². The normalized spacial score (nSPS) is 14.2. The van der Waals surface area contributed by atoms with Gasteiger partial charge in [0.2, 0.25) is 0 Å². The van der Waals surface area contributed by atoms with E-state index in [4.69, 9.17) is 14.0 Å². The van der Waals surface area contributed by atoms with Crippen LogP contribution in [0.4, 0.5) is 10.5 Å². The number of carbonyl (C=O) groups excluding carboxylic acids is 1. The van der Waals surface area contributed by atoms with Crippen LogP contribution in [0.1, 0.15) is 30.0 Å². The van der Waals surface area contributed by atoms with Crippen LogP contribution in [0.2, 0.25) is 0 Å². The maximum absolute atomic E-state index is 12.5. The van der Waals surface area contributed by atoms with Crippen molar-refractivity contribution in [2.24, 2.45) is 0 Å². The zero-order valence-electron chi connectivity index (χ0n) is 14.3. The smallest absolute Gasteiger partial charge is 0.322 e. The molecule has 0 spiro atoms. The summed E-state index contributed by atoms with van der Waals surface area (Å²) in [4.78, 5) is 14.1. The molecule has 1 aliphatic rings. The number of anilines is 1. The molecule has 1 unspecified atom stereocenters. The quantitative estimate of drug-likeness (QED) is 0.934. The molecule has 0 bridgehead atoms. The van der Waals surface area contributed by atoms with Gasteiger partial charge in [-0.3, -0.25) is 0 Å². The molecule has 1 aliphatic heterocycles. The molecule has 7 heteroatoms. The van der Waals surface area contributed by atoms with E-state index in [1.54, 1.807) is 25.8 Å². The van der Waals surface area contributed by atoms with Crippen LogP contribution in [0.3, 0.4) is 0 Å². The number of urea groups is 1. The van der Waals surface area contributed by atoms with Crippen LogP contribution in [0.5, 0.6) is 11.5 Å². The number of fused-ring (bicyclic) bond motifs is 1. The summed E-state index contributed by atoms with van der Waals surface area (Å²) < 4.78 is 16.2. The molecule has 3 rings (SSSR count). The number of carbonyl (C=O) groups is 1. The minimum atomic E-state index is -0.230. The minimum absolute atomic E-state index is 0.138. The van der Waals surface area contributed by atoms with Crippen LogP contribution < -0.4 is 14.8 Å². The Labute approximate surface area is 140 Å². The molecule has 0 aliphatic carbocycles. The van der Waals surface area contributed by atoms with E-state index in [-0.39, 0.29) is 12.1 Å². The number of aromatic nitrogens is 1. The van der Waals surface area contributed by atoms with Gasteiger partial charge in [-0.05, 0) is 38.5 Å². The summed E-state index contributed by atoms with van der Waals surface area (Å²) in [6, 6.07) is 5.37. The molecule has 1 atom stereocenters. The number of hydrogen-bond donors (Lipinski definition) is 1. The summed E-state index contributed by atoms with van der Waals surface area (Å²) in [6.07, 6.45) is 0. The largest absolute Gasteiger partial charge is 0.486 e. The molecule has 1 N–H and O–H groups in total. The number of amides is 2. The zero-order valence-corrected chi connectivity index (χ0v) is 14.3. The lowest BCUT2D eigenvalue weighted by Gasteiger charge is -2.27. The van der Waals surface area contributed by atoms with Gasteiger partial charge in [0.05, 0.1) is 6.04 Å². The van der Waals surface area contributed by atoms with Crippen molar-refractivity contribution in [2.45, 2.75) is 26.8 Å². The number of nitrogens with one attached hydrogen (secondary N) is 1. The molecule has 0 radical (unpaired) electrons. The topological polar surface area (TPSA) is 76.8 Å². The van der Waals surface area contributed by atoms with Crippen molar-refractivity contribution in [3.63, 3.8) is 0 Å². The Bertz CT molecular complexity index is 737. The summed E-state index contributed by atoms with van der Waals surface area (Å²) >= 11 is 0. The van der Waals surface area contributed by atoms with Crippen LogP contribution >= 0.6 is 0 Å². The Kier molecular flexibility index (Phi) is 4.33. The van der Waals surface area contributed by atoms with Crippen LogP contribution in [0.15, 0.2) is 22.7 Å². The number of ether oxygens (including phenoxy) is 2. The molecule has 1 aromatic heterocycles. The first-order chi connectivity index (χ1) is 11.5. The SMILES string of the molecule is Cc1noc(C)c1NC(=O)N(C)C(C)c1ccc2c(c1)OCCO2. The van der Waals surface area contributed by atoms with E-state index in [0.29, 0.717) is 36.1 Å². The number of nitrogens with zero attached hydrogens (tertiary/aromatic N) is 2. The van der Waals surface area contributed by atoms with Crippen LogP contribution in [0, 0.1) is 13.8 Å². The summed E-state index contributed by atoms with van der Waals surface area (Å²) in [5, 5.41) is 6.69. The van der Waals surface area contributed by atoms with Crippen LogP contribution in [-0.2, 0) is 0 Å². The van der Waals surface area contributed by atoms with Crippen molar-refractivity contribution in [1.82, 2.24) is 10.1 Å². The Balaban J connectivity index is 1.74. The second-order valence-electron chi connectivity index (χ2n) is 5.82. The van der Waals surface area contributed by atoms with Crippen molar-refractivity contribution in [3.8, 4) is 11.5 Å². The molecule has 1 aromatic carbocycles. The Morgan fingerprint density at radius 2 is 1.96 bits per heavy atom. The van der Waals surface area contributed by atoms with Crippen LogP contribution in [0.25, 0.3) is 0 Å². The predicted molar refractivity (Wildman–Crippen MR) is 88.6 cm³/mol. The molecular formula is C17H21N3O4. The highest BCUT2D eigenvalue weighted by atomic mass is 16.6. The van der Waals surface area contributed by atoms with Gasteiger partial charge < -0.3 is 24.2 Å². The summed E-state index contributed by atoms with van der Waals surface area (Å²) in [7, 11) is 1.75. The highest BCUT2D eigenvalue weighted by Gasteiger charge is 2.22. The van der Waals surface area contributed by atoms with Gasteiger partial charge in [0.15, 0.2) is 17.3 Å². The Morgan fingerprint density at radius 3 is 2.62 bits per heavy atom. The fourth-order valence-corrected chi connectivity index (χ4v) is 2.58. The van der Waals surface area contributed by atoms with E-state index in [2.05, 4.69) is 10.5 Å². The van der Waals surface area contributed by atoms with Gasteiger partial charge in [0.25, 0.3) is 0 Å². The second kappa shape index (κ2) is 6.43. The van der Waals surface area contributed by atoms with E-state index in [9.17, 15) is 4.79 Å². The highest BCUT2D eigenvalue weighted by molar-refractivity contribution is 5.90. The van der Waals surface area contributed by atoms with Crippen molar-refractivity contribution in [2.75, 3.05) is 25.6 Å². The maximum atomic E-state index is 12.5. The molecular weight excluding hydrogens is 310 g/mol. The third-order valence-electron chi connectivity index (χ3n) is 4.22. The maximum Gasteiger partial charge on any atom is 0.322 e. The van der Waals surface area contributed by atoms with Crippen molar-refractivity contribution >= 4 is 11.7 Å². The molecule has 0 saturated carbocycles. The molecule has 128 valence electrons. The van der Waals surface area contributed by atoms with Crippen molar-refractivity contribution in [3.05, 3.63) is 35.2 Å². The lowest BCUT2D eigenvalue weighted by atomic mass is 10.1. The lowest BCUT2D eigenvalue weighted by Crippen LogP contribution is -2.34. The first kappa shape index (κ1) is 16.2. The van der Waals surface area contributed by atoms with E-state index in [1.165, 1.54) is 0 Å². The standard InChI is InChI=1S/C17H21N3O4/c1-10-16(12(3)24-19-10)18-17(21)20(4)11(2)13-5-6-14-15(9-13)23-8-7-22-14/h5-6,9,11H,7-8H2,1-4H3,(H,18,21). The second-order valence-corrected chi connectivity index (χ2v) is 5.82. The molecule has 7 nitrogen and oxygen atoms in total. The first-order valence-corrected chi connectivity index (χ1v) is 7.83. The molecule has 2 heterocycles. The molecule has 2 aromatic rings. The average Bonchev–Trinajstić information content (AvgIpc) is 2.91. The number of benzene rings is 1. The van der Waals surface area contributed by atoms with Crippen molar-refractivity contribution in [1.29, 1.82) is 0 Å². The highest BCUT2D eigenvalue weighted by Crippen LogP contribution is 2.34. The molecule has 0 fully saturated rings. The fourth-order valence-electron chi connectivity index (χ4n) is 2.58. The lowest BCUT2D eigenvalue weighted by molar-refractivity contribution is 0.170. The van der Waals surface area contributed by atoms with Crippen LogP contribution in [-0.4, -0.2) is 36.3 Å². The van der Waals surface area contributed by atoms with E-state index in [1.807, 2.05) is 25.1 Å². The van der Waals surface area contributed by atoms with Gasteiger partial charge in [0.1, 0.15) is 24.6 Å². The monoisotopic (exact) mass is 331 g/mol. The Morgan fingerprint density at radius 1 is 1.25 bits per heavy atom. The third kappa shape index (κ3) is 3.02. The molecule has 24 heavy (non-hydrogen) atoms. The molecule has 0 saturated heterocycles. The van der Waals surface area contributed by atoms with Gasteiger partial charge in [-0.1, -0.05) is 11.2 Å². The number of rotatable bonds is 3. The Hall–Kier alpha value is -2.70. The third-order valence-corrected chi connectivity index (χ3v) is 4.22. The van der Waals surface area contributed by atoms with Gasteiger partial charge in [-0.15, -0.1) is 0 Å². The van der Waals surface area contributed by atoms with E-state index in [0.717, 1.165) is 11.3 Å². The van der Waals surface area contributed by atoms with E-state index < -0.39 is 0 Å². The van der Waals surface area contributed by atoms with Gasteiger partial charge in [0, 0.05) is 7.05 Å². The van der Waals surface area contributed by atoms with Gasteiger partial charge in [-0.25, -0.2) is 4.79 Å². The van der Waals surface area contributed by atoms with Crippen molar-refractivity contribution < 1.29 is 18.8 Å². The zero-order chi connectivity index (χ0) is 17.3. The van der Waals surface area contributed by atoms with Gasteiger partial charge in [-0.2, -0.15) is 0 Å².